The van der Waals surface area contributed by atoms with Gasteiger partial charge in [-0.2, -0.15) is 0 Å². The Morgan fingerprint density at radius 3 is 2.88 bits per heavy atom. The molecule has 0 aliphatic carbocycles. The normalized spacial score (nSPS) is 18.9. The molecule has 0 unspecified atom stereocenters. The molecule has 2 amide bonds. The maximum absolute atomic E-state index is 13.9. The van der Waals surface area contributed by atoms with Crippen molar-refractivity contribution in [1.82, 2.24) is 30.2 Å². The molecular formula is C31H38N8O4. The molecule has 2 aromatic heterocycles. The maximum atomic E-state index is 13.9. The van der Waals surface area contributed by atoms with Crippen molar-refractivity contribution >= 4 is 35.2 Å². The number of nitrogens with one attached hydrogen (secondary N) is 2. The minimum Gasteiger partial charge on any atom is -0.491 e. The van der Waals surface area contributed by atoms with Crippen LogP contribution in [-0.4, -0.2) is 80.4 Å². The van der Waals surface area contributed by atoms with Gasteiger partial charge in [-0.1, -0.05) is 18.2 Å². The van der Waals surface area contributed by atoms with Gasteiger partial charge in [-0.15, -0.1) is 0 Å². The monoisotopic (exact) mass is 586 g/mol. The van der Waals surface area contributed by atoms with Crippen LogP contribution >= 0.6 is 0 Å². The van der Waals surface area contributed by atoms with E-state index >= 15 is 0 Å². The summed E-state index contributed by atoms with van der Waals surface area (Å²) >= 11 is 0. The Morgan fingerprint density at radius 1 is 1.19 bits per heavy atom. The van der Waals surface area contributed by atoms with E-state index in [4.69, 9.17) is 9.47 Å². The number of allylic oxidation sites excluding steroid dienone is 1. The SMILES string of the molecule is CC(C)(C)OC(=O)N[C@@H](CC1=CCC=N1)C(=O)N1CCc2cccc(OC[C@H]3CCCN3c3ncnc4nc[nH]c34)c2C1. The number of aliphatic imine (C=N–C) groups is 1. The van der Waals surface area contributed by atoms with Crippen molar-refractivity contribution < 1.29 is 19.1 Å². The number of imidazole rings is 1. The number of nitrogens with zero attached hydrogens (tertiary/aromatic N) is 6. The lowest BCUT2D eigenvalue weighted by molar-refractivity contribution is -0.134. The number of aromatic amines is 1. The van der Waals surface area contributed by atoms with Crippen LogP contribution in [0.3, 0.4) is 0 Å². The van der Waals surface area contributed by atoms with Gasteiger partial charge in [-0.05, 0) is 51.7 Å². The van der Waals surface area contributed by atoms with Gasteiger partial charge < -0.3 is 29.6 Å². The van der Waals surface area contributed by atoms with Crippen molar-refractivity contribution in [3.63, 3.8) is 0 Å². The number of benzene rings is 1. The van der Waals surface area contributed by atoms with Crippen LogP contribution in [-0.2, 0) is 22.5 Å². The molecule has 6 rings (SSSR count). The lowest BCUT2D eigenvalue weighted by atomic mass is 9.97. The molecule has 1 fully saturated rings. The van der Waals surface area contributed by atoms with Crippen LogP contribution in [0.2, 0.25) is 0 Å². The number of anilines is 1. The van der Waals surface area contributed by atoms with Gasteiger partial charge in [0.05, 0.1) is 12.4 Å². The summed E-state index contributed by atoms with van der Waals surface area (Å²) in [6.07, 6.45) is 10.1. The average Bonchev–Trinajstić information content (AvgIpc) is 3.76. The first kappa shape index (κ1) is 28.6. The Morgan fingerprint density at radius 2 is 2.07 bits per heavy atom. The summed E-state index contributed by atoms with van der Waals surface area (Å²) < 4.78 is 12.0. The molecule has 5 heterocycles. The van der Waals surface area contributed by atoms with E-state index in [0.717, 1.165) is 54.2 Å². The highest BCUT2D eigenvalue weighted by atomic mass is 16.6. The molecule has 226 valence electrons. The zero-order chi connectivity index (χ0) is 30.0. The predicted octanol–water partition coefficient (Wildman–Crippen LogP) is 3.93. The summed E-state index contributed by atoms with van der Waals surface area (Å²) in [6.45, 7) is 7.70. The largest absolute Gasteiger partial charge is 0.491 e. The molecule has 0 saturated carbocycles. The predicted molar refractivity (Wildman–Crippen MR) is 162 cm³/mol. The van der Waals surface area contributed by atoms with Gasteiger partial charge in [-0.25, -0.2) is 19.7 Å². The van der Waals surface area contributed by atoms with Gasteiger partial charge >= 0.3 is 6.09 Å². The summed E-state index contributed by atoms with van der Waals surface area (Å²) in [7, 11) is 0. The van der Waals surface area contributed by atoms with Crippen molar-refractivity contribution in [2.45, 2.75) is 77.1 Å². The van der Waals surface area contributed by atoms with Crippen molar-refractivity contribution in [3.8, 4) is 5.75 Å². The van der Waals surface area contributed by atoms with Gasteiger partial charge in [0, 0.05) is 50.0 Å². The second-order valence-corrected chi connectivity index (χ2v) is 12.1. The smallest absolute Gasteiger partial charge is 0.408 e. The number of hydrogen-bond donors (Lipinski definition) is 2. The molecule has 1 saturated heterocycles. The van der Waals surface area contributed by atoms with E-state index in [1.54, 1.807) is 44.5 Å². The van der Waals surface area contributed by atoms with Crippen molar-refractivity contribution in [1.29, 1.82) is 0 Å². The Labute approximate surface area is 250 Å². The number of ether oxygens (including phenoxy) is 2. The zero-order valence-electron chi connectivity index (χ0n) is 24.9. The fourth-order valence-corrected chi connectivity index (χ4v) is 5.94. The molecule has 3 aliphatic rings. The lowest BCUT2D eigenvalue weighted by Crippen LogP contribution is -2.51. The van der Waals surface area contributed by atoms with E-state index in [1.165, 1.54) is 5.56 Å². The molecule has 3 aliphatic heterocycles. The summed E-state index contributed by atoms with van der Waals surface area (Å²) in [6, 6.07) is 5.43. The van der Waals surface area contributed by atoms with E-state index in [2.05, 4.69) is 41.2 Å². The van der Waals surface area contributed by atoms with Crippen LogP contribution in [0.1, 0.15) is 57.6 Å². The molecule has 2 atom stereocenters. The van der Waals surface area contributed by atoms with E-state index in [1.807, 2.05) is 18.2 Å². The number of H-pyrrole nitrogens is 1. The first-order valence-corrected chi connectivity index (χ1v) is 14.9. The summed E-state index contributed by atoms with van der Waals surface area (Å²) in [5, 5.41) is 2.81. The number of hydrogen-bond acceptors (Lipinski definition) is 9. The van der Waals surface area contributed by atoms with E-state index in [9.17, 15) is 9.59 Å². The van der Waals surface area contributed by atoms with Gasteiger partial charge in [0.2, 0.25) is 5.91 Å². The minimum absolute atomic E-state index is 0.140. The number of rotatable bonds is 8. The van der Waals surface area contributed by atoms with E-state index in [0.29, 0.717) is 38.2 Å². The van der Waals surface area contributed by atoms with Crippen LogP contribution in [0.15, 0.2) is 47.6 Å². The average molecular weight is 587 g/mol. The molecule has 12 heteroatoms. The first-order valence-electron chi connectivity index (χ1n) is 14.9. The second-order valence-electron chi connectivity index (χ2n) is 12.1. The summed E-state index contributed by atoms with van der Waals surface area (Å²) in [5.41, 5.74) is 3.75. The number of fused-ring (bicyclic) bond motifs is 2. The molecule has 0 bridgehead atoms. The highest BCUT2D eigenvalue weighted by molar-refractivity contribution is 5.86. The first-order chi connectivity index (χ1) is 20.7. The Balaban J connectivity index is 1.16. The fraction of sp³-hybridized carbons (Fsp3) is 0.484. The molecule has 43 heavy (non-hydrogen) atoms. The zero-order valence-corrected chi connectivity index (χ0v) is 24.9. The number of carbonyl (C=O) groups excluding carboxylic acids is 2. The van der Waals surface area contributed by atoms with Gasteiger partial charge in [-0.3, -0.25) is 9.79 Å². The van der Waals surface area contributed by atoms with E-state index < -0.39 is 17.7 Å². The molecule has 3 aromatic rings. The minimum atomic E-state index is -0.787. The second kappa shape index (κ2) is 12.0. The fourth-order valence-electron chi connectivity index (χ4n) is 5.94. The third-order valence-electron chi connectivity index (χ3n) is 7.94. The van der Waals surface area contributed by atoms with Gasteiger partial charge in [0.1, 0.15) is 35.8 Å². The van der Waals surface area contributed by atoms with Crippen LogP contribution in [0.5, 0.6) is 5.75 Å². The Hall–Kier alpha value is -4.48. The van der Waals surface area contributed by atoms with Crippen LogP contribution in [0.4, 0.5) is 10.6 Å². The molecule has 2 N–H and O–H groups in total. The Bertz CT molecular complexity index is 1560. The number of carbonyl (C=O) groups is 2. The topological polar surface area (TPSA) is 138 Å². The highest BCUT2D eigenvalue weighted by Gasteiger charge is 2.33. The summed E-state index contributed by atoms with van der Waals surface area (Å²) in [4.78, 5) is 51.2. The molecular weight excluding hydrogens is 548 g/mol. The quantitative estimate of drug-likeness (QED) is 0.405. The molecule has 1 aromatic carbocycles. The van der Waals surface area contributed by atoms with Crippen LogP contribution < -0.4 is 15.0 Å². The third kappa shape index (κ3) is 6.47. The van der Waals surface area contributed by atoms with Crippen molar-refractivity contribution in [3.05, 3.63) is 53.8 Å². The number of amides is 2. The molecule has 0 radical (unpaired) electrons. The maximum Gasteiger partial charge on any atom is 0.408 e. The summed E-state index contributed by atoms with van der Waals surface area (Å²) in [5.74, 6) is 1.45. The van der Waals surface area contributed by atoms with Gasteiger partial charge in [0.15, 0.2) is 11.5 Å². The lowest BCUT2D eigenvalue weighted by Gasteiger charge is -2.33. The van der Waals surface area contributed by atoms with Crippen molar-refractivity contribution in [2.24, 2.45) is 4.99 Å². The van der Waals surface area contributed by atoms with Crippen LogP contribution in [0, 0.1) is 0 Å². The Kier molecular flexibility index (Phi) is 8.00. The third-order valence-corrected chi connectivity index (χ3v) is 7.94. The number of aromatic nitrogens is 4. The highest BCUT2D eigenvalue weighted by Crippen LogP contribution is 2.32. The molecule has 0 spiro atoms. The standard InChI is InChI=1S/C31H38N8O4/c1-31(2,3)43-30(41)37-24(15-21-8-5-12-32-21)29(40)38-14-11-20-7-4-10-25(23(20)16-38)42-17-22-9-6-13-39(22)28-26-27(34-18-33-26)35-19-36-28/h4,7-8,10,12,18-19,22,24H,5-6,9,11,13-17H2,1-3H3,(H,37,41)(H,33,34,35,36)/t22-,24+/m1/s1. The van der Waals surface area contributed by atoms with E-state index in [-0.39, 0.29) is 11.9 Å². The number of alkyl carbamates (subject to hydrolysis) is 1. The van der Waals surface area contributed by atoms with Gasteiger partial charge in [0.25, 0.3) is 0 Å². The van der Waals surface area contributed by atoms with Crippen LogP contribution in [0.25, 0.3) is 11.2 Å². The molecule has 12 nitrogen and oxygen atoms in total. The van der Waals surface area contributed by atoms with Crippen molar-refractivity contribution in [2.75, 3.05) is 24.6 Å².